The van der Waals surface area contributed by atoms with E-state index in [9.17, 15) is 4.79 Å². The maximum absolute atomic E-state index is 13.6. The van der Waals surface area contributed by atoms with E-state index < -0.39 is 0 Å². The lowest BCUT2D eigenvalue weighted by Gasteiger charge is -2.40. The summed E-state index contributed by atoms with van der Waals surface area (Å²) >= 11 is 0. The molecule has 0 radical (unpaired) electrons. The van der Waals surface area contributed by atoms with Crippen LogP contribution in [0.1, 0.15) is 75.3 Å². The molecule has 3 aliphatic rings. The first-order valence-electron chi connectivity index (χ1n) is 14.7. The summed E-state index contributed by atoms with van der Waals surface area (Å²) in [6, 6.07) is 15.5. The number of hydrazone groups is 1. The number of hydrogen-bond acceptors (Lipinski definition) is 6. The topological polar surface area (TPSA) is 84.2 Å². The van der Waals surface area contributed by atoms with Gasteiger partial charge in [-0.1, -0.05) is 37.8 Å². The molecule has 2 aliphatic carbocycles. The Balaban J connectivity index is 1.26. The number of unbranched alkanes of at least 4 members (excludes halogenated alkanes) is 1. The molecule has 2 aromatic carbocycles. The average molecular weight is 542 g/mol. The lowest BCUT2D eigenvalue weighted by molar-refractivity contribution is -0.140. The van der Waals surface area contributed by atoms with Crippen molar-refractivity contribution in [2.75, 3.05) is 20.3 Å². The number of amides is 1. The van der Waals surface area contributed by atoms with Gasteiger partial charge in [0, 0.05) is 11.5 Å². The van der Waals surface area contributed by atoms with E-state index in [4.69, 9.17) is 24.6 Å². The Morgan fingerprint density at radius 1 is 0.900 bits per heavy atom. The molecule has 1 saturated carbocycles. The molecule has 0 N–H and O–H groups in total. The smallest absolute Gasteiger partial charge is 0.247 e. The highest BCUT2D eigenvalue weighted by Gasteiger charge is 2.42. The maximum atomic E-state index is 13.6. The largest absolute Gasteiger partial charge is 0.494 e. The van der Waals surface area contributed by atoms with Gasteiger partial charge in [-0.15, -0.1) is 0 Å². The van der Waals surface area contributed by atoms with Crippen molar-refractivity contribution in [3.63, 3.8) is 0 Å². The average Bonchev–Trinajstić information content (AvgIpc) is 3.29. The molecule has 2 atom stereocenters. The van der Waals surface area contributed by atoms with Crippen molar-refractivity contribution < 1.29 is 19.0 Å². The zero-order chi connectivity index (χ0) is 27.7. The van der Waals surface area contributed by atoms with E-state index in [1.54, 1.807) is 19.2 Å². The fourth-order valence-corrected chi connectivity index (χ4v) is 5.99. The lowest BCUT2D eigenvalue weighted by atomic mass is 9.76. The molecule has 2 aromatic rings. The summed E-state index contributed by atoms with van der Waals surface area (Å²) in [5.74, 6) is 2.36. The molecule has 1 fully saturated rings. The Morgan fingerprint density at radius 2 is 1.60 bits per heavy atom. The molecule has 7 heteroatoms. The fraction of sp³-hybridized carbons (Fsp3) is 0.485. The molecular formula is C33H39N3O4. The van der Waals surface area contributed by atoms with Crippen LogP contribution in [-0.4, -0.2) is 43.0 Å². The van der Waals surface area contributed by atoms with Gasteiger partial charge in [0.1, 0.15) is 5.75 Å². The first-order chi connectivity index (χ1) is 19.7. The summed E-state index contributed by atoms with van der Waals surface area (Å²) in [6.07, 6.45) is 14.5. The van der Waals surface area contributed by atoms with Crippen molar-refractivity contribution in [2.45, 2.75) is 70.3 Å². The van der Waals surface area contributed by atoms with Crippen LogP contribution in [0, 0.1) is 23.2 Å². The number of carbonyl (C=O) groups is 1. The number of hydrogen-bond donors (Lipinski definition) is 0. The van der Waals surface area contributed by atoms with Crippen LogP contribution in [0.15, 0.2) is 59.7 Å². The minimum atomic E-state index is -0.0525. The zero-order valence-electron chi connectivity index (χ0n) is 23.4. The standard InChI is InChI=1S/C33H39N3O4/c1-38-30-19-16-25(22-31(30)40-21-9-8-20-39-27-17-14-24(23-34)15-18-27)32-28-12-6-7-13-29(28)33(37)36(35-32)26-10-4-2-3-5-11-26/h6-7,14-19,22,26,28-29H,2-5,8-13,20-21H2,1H3/t28-,29+/m0/s1. The third-order valence-corrected chi connectivity index (χ3v) is 8.22. The molecule has 1 amide bonds. The Labute approximate surface area is 237 Å². The molecule has 0 spiro atoms. The van der Waals surface area contributed by atoms with Crippen LogP contribution in [-0.2, 0) is 4.79 Å². The number of nitrogens with zero attached hydrogens (tertiary/aromatic N) is 3. The van der Waals surface area contributed by atoms with Gasteiger partial charge in [0.25, 0.3) is 0 Å². The summed E-state index contributed by atoms with van der Waals surface area (Å²) in [7, 11) is 1.65. The zero-order valence-corrected chi connectivity index (χ0v) is 23.4. The van der Waals surface area contributed by atoms with Crippen molar-refractivity contribution >= 4 is 11.6 Å². The first-order valence-corrected chi connectivity index (χ1v) is 14.7. The second-order valence-corrected chi connectivity index (χ2v) is 10.9. The molecule has 0 aromatic heterocycles. The van der Waals surface area contributed by atoms with E-state index in [1.807, 2.05) is 35.3 Å². The number of nitriles is 1. The van der Waals surface area contributed by atoms with E-state index in [0.29, 0.717) is 30.3 Å². The Hall–Kier alpha value is -3.79. The SMILES string of the molecule is COc1ccc(C2=NN(C3CCCCCC3)C(=O)[C@@H]3CC=CC[C@H]23)cc1OCCCCOc1ccc(C#N)cc1. The van der Waals surface area contributed by atoms with Crippen LogP contribution in [0.5, 0.6) is 17.2 Å². The quantitative estimate of drug-likeness (QED) is 0.191. The Morgan fingerprint density at radius 3 is 2.30 bits per heavy atom. The van der Waals surface area contributed by atoms with Crippen molar-refractivity contribution in [3.8, 4) is 23.3 Å². The molecule has 1 heterocycles. The normalized spacial score (nSPS) is 21.1. The van der Waals surface area contributed by atoms with Gasteiger partial charge in [0.2, 0.25) is 5.91 Å². The molecule has 40 heavy (non-hydrogen) atoms. The number of allylic oxidation sites excluding steroid dienone is 2. The number of fused-ring (bicyclic) bond motifs is 1. The van der Waals surface area contributed by atoms with Gasteiger partial charge in [0.15, 0.2) is 11.5 Å². The number of carbonyl (C=O) groups excluding carboxylic acids is 1. The van der Waals surface area contributed by atoms with Gasteiger partial charge in [-0.25, -0.2) is 5.01 Å². The highest BCUT2D eigenvalue weighted by molar-refractivity contribution is 6.07. The van der Waals surface area contributed by atoms with Crippen LogP contribution in [0.25, 0.3) is 0 Å². The van der Waals surface area contributed by atoms with Gasteiger partial charge in [-0.3, -0.25) is 4.79 Å². The van der Waals surface area contributed by atoms with E-state index in [0.717, 1.165) is 68.4 Å². The summed E-state index contributed by atoms with van der Waals surface area (Å²) in [4.78, 5) is 13.6. The van der Waals surface area contributed by atoms with Gasteiger partial charge >= 0.3 is 0 Å². The predicted octanol–water partition coefficient (Wildman–Crippen LogP) is 6.66. The Bertz CT molecular complexity index is 1260. The monoisotopic (exact) mass is 541 g/mol. The van der Waals surface area contributed by atoms with Crippen LogP contribution >= 0.6 is 0 Å². The predicted molar refractivity (Wildman–Crippen MR) is 155 cm³/mol. The van der Waals surface area contributed by atoms with Gasteiger partial charge < -0.3 is 14.2 Å². The second-order valence-electron chi connectivity index (χ2n) is 10.9. The lowest BCUT2D eigenvalue weighted by Crippen LogP contribution is -2.49. The first kappa shape index (κ1) is 27.8. The number of ether oxygens (including phenoxy) is 3. The number of benzene rings is 2. The molecule has 0 bridgehead atoms. The minimum Gasteiger partial charge on any atom is -0.494 e. The minimum absolute atomic E-state index is 0.0525. The highest BCUT2D eigenvalue weighted by atomic mass is 16.5. The summed E-state index contributed by atoms with van der Waals surface area (Å²) in [5.41, 5.74) is 2.60. The molecule has 5 rings (SSSR count). The molecular weight excluding hydrogens is 502 g/mol. The van der Waals surface area contributed by atoms with Crippen molar-refractivity contribution in [1.29, 1.82) is 5.26 Å². The van der Waals surface area contributed by atoms with Crippen LogP contribution in [0.2, 0.25) is 0 Å². The van der Waals surface area contributed by atoms with Crippen molar-refractivity contribution in [2.24, 2.45) is 16.9 Å². The van der Waals surface area contributed by atoms with E-state index in [1.165, 1.54) is 12.8 Å². The van der Waals surface area contributed by atoms with E-state index >= 15 is 0 Å². The third kappa shape index (κ3) is 6.50. The fourth-order valence-electron chi connectivity index (χ4n) is 5.99. The molecule has 7 nitrogen and oxygen atoms in total. The second kappa shape index (κ2) is 13.5. The third-order valence-electron chi connectivity index (χ3n) is 8.22. The van der Waals surface area contributed by atoms with Crippen LogP contribution in [0.3, 0.4) is 0 Å². The molecule has 1 aliphatic heterocycles. The van der Waals surface area contributed by atoms with E-state index in [2.05, 4.69) is 18.2 Å². The highest BCUT2D eigenvalue weighted by Crippen LogP contribution is 2.39. The summed E-state index contributed by atoms with van der Waals surface area (Å²) in [5, 5.41) is 15.8. The van der Waals surface area contributed by atoms with Crippen LogP contribution in [0.4, 0.5) is 0 Å². The maximum Gasteiger partial charge on any atom is 0.247 e. The van der Waals surface area contributed by atoms with Crippen molar-refractivity contribution in [1.82, 2.24) is 5.01 Å². The van der Waals surface area contributed by atoms with E-state index in [-0.39, 0.29) is 23.8 Å². The van der Waals surface area contributed by atoms with Gasteiger partial charge in [-0.05, 0) is 81.0 Å². The van der Waals surface area contributed by atoms with Crippen LogP contribution < -0.4 is 14.2 Å². The molecule has 0 saturated heterocycles. The number of methoxy groups -OCH3 is 1. The van der Waals surface area contributed by atoms with Gasteiger partial charge in [0.05, 0.1) is 49.6 Å². The summed E-state index contributed by atoms with van der Waals surface area (Å²) in [6.45, 7) is 1.11. The summed E-state index contributed by atoms with van der Waals surface area (Å²) < 4.78 is 17.6. The molecule has 210 valence electrons. The van der Waals surface area contributed by atoms with Gasteiger partial charge in [-0.2, -0.15) is 10.4 Å². The Kier molecular flexibility index (Phi) is 9.38. The van der Waals surface area contributed by atoms with Crippen molar-refractivity contribution in [3.05, 3.63) is 65.7 Å². The molecule has 0 unspecified atom stereocenters. The number of rotatable bonds is 10.